The first-order valence-corrected chi connectivity index (χ1v) is 8.90. The molecule has 0 radical (unpaired) electrons. The number of H-pyrrole nitrogens is 2. The van der Waals surface area contributed by atoms with Gasteiger partial charge in [-0.1, -0.05) is 6.07 Å². The minimum absolute atomic E-state index is 0.0546. The van der Waals surface area contributed by atoms with E-state index in [1.165, 1.54) is 5.56 Å². The van der Waals surface area contributed by atoms with Crippen molar-refractivity contribution in [3.8, 4) is 6.07 Å². The number of hydrogen-bond donors (Lipinski definition) is 2. The summed E-state index contributed by atoms with van der Waals surface area (Å²) in [6, 6.07) is 13.3. The van der Waals surface area contributed by atoms with Crippen LogP contribution in [0.15, 0.2) is 47.4 Å². The normalized spacial score (nSPS) is 15.3. The largest absolute Gasteiger partial charge is 0.361 e. The van der Waals surface area contributed by atoms with E-state index in [-0.39, 0.29) is 5.56 Å². The van der Waals surface area contributed by atoms with Crippen molar-refractivity contribution in [3.63, 3.8) is 0 Å². The molecule has 2 N–H and O–H groups in total. The van der Waals surface area contributed by atoms with Crippen LogP contribution in [0.3, 0.4) is 0 Å². The van der Waals surface area contributed by atoms with Crippen LogP contribution in [0.4, 0.5) is 5.82 Å². The summed E-state index contributed by atoms with van der Waals surface area (Å²) in [7, 11) is 0. The van der Waals surface area contributed by atoms with E-state index in [2.05, 4.69) is 32.0 Å². The van der Waals surface area contributed by atoms with E-state index < -0.39 is 0 Å². The van der Waals surface area contributed by atoms with Crippen LogP contribution >= 0.6 is 0 Å². The van der Waals surface area contributed by atoms with Crippen molar-refractivity contribution in [3.05, 3.63) is 64.1 Å². The van der Waals surface area contributed by atoms with Gasteiger partial charge in [0.05, 0.1) is 11.6 Å². The smallest absolute Gasteiger partial charge is 0.249 e. The molecule has 1 aliphatic rings. The zero-order valence-corrected chi connectivity index (χ0v) is 14.5. The minimum atomic E-state index is -0.0546. The lowest BCUT2D eigenvalue weighted by molar-refractivity contribution is 0.260. The maximum atomic E-state index is 11.5. The van der Waals surface area contributed by atoms with Gasteiger partial charge in [-0.15, -0.1) is 0 Å². The number of benzene rings is 1. The third-order valence-corrected chi connectivity index (χ3v) is 5.06. The highest BCUT2D eigenvalue weighted by Gasteiger charge is 2.18. The Morgan fingerprint density at radius 1 is 1.12 bits per heavy atom. The molecular formula is C20H21N5O. The van der Waals surface area contributed by atoms with Crippen LogP contribution in [0.1, 0.15) is 11.1 Å². The molecule has 0 aliphatic carbocycles. The van der Waals surface area contributed by atoms with Crippen molar-refractivity contribution in [2.75, 3.05) is 37.6 Å². The van der Waals surface area contributed by atoms with Gasteiger partial charge in [0.15, 0.2) is 0 Å². The molecule has 3 aromatic rings. The first-order valence-electron chi connectivity index (χ1n) is 8.90. The van der Waals surface area contributed by atoms with Crippen LogP contribution in [0, 0.1) is 11.3 Å². The molecule has 0 amide bonds. The van der Waals surface area contributed by atoms with Gasteiger partial charge >= 0.3 is 0 Å². The van der Waals surface area contributed by atoms with Gasteiger partial charge in [0, 0.05) is 55.9 Å². The Labute approximate surface area is 151 Å². The van der Waals surface area contributed by atoms with Gasteiger partial charge in [0.1, 0.15) is 5.82 Å². The Morgan fingerprint density at radius 2 is 1.96 bits per heavy atom. The van der Waals surface area contributed by atoms with E-state index in [9.17, 15) is 4.79 Å². The van der Waals surface area contributed by atoms with Crippen molar-refractivity contribution in [2.45, 2.75) is 6.42 Å². The number of pyridine rings is 1. The summed E-state index contributed by atoms with van der Waals surface area (Å²) in [6.45, 7) is 4.76. The standard InChI is InChI=1S/C20H21N5O/c21-13-15-4-5-18-17(12-15)16(14-22-18)6-7-24-8-10-25(11-9-24)19-2-1-3-20(26)23-19/h1-5,12,14,22H,6-11H2,(H,23,26). The number of fused-ring (bicyclic) bond motifs is 1. The number of nitriles is 1. The number of aromatic nitrogens is 2. The summed E-state index contributed by atoms with van der Waals surface area (Å²) in [5.74, 6) is 0.901. The second-order valence-corrected chi connectivity index (χ2v) is 6.67. The Balaban J connectivity index is 1.37. The van der Waals surface area contributed by atoms with Crippen LogP contribution in [0.5, 0.6) is 0 Å². The molecule has 0 bridgehead atoms. The summed E-state index contributed by atoms with van der Waals surface area (Å²) in [5.41, 5.74) is 2.98. The van der Waals surface area contributed by atoms with Gasteiger partial charge in [0.25, 0.3) is 0 Å². The fraction of sp³-hybridized carbons (Fsp3) is 0.300. The molecule has 0 spiro atoms. The number of nitrogens with zero attached hydrogens (tertiary/aromatic N) is 3. The molecule has 4 rings (SSSR count). The van der Waals surface area contributed by atoms with E-state index in [1.54, 1.807) is 12.1 Å². The average molecular weight is 347 g/mol. The maximum Gasteiger partial charge on any atom is 0.249 e. The van der Waals surface area contributed by atoms with E-state index in [4.69, 9.17) is 5.26 Å². The predicted molar refractivity (Wildman–Crippen MR) is 102 cm³/mol. The molecule has 1 saturated heterocycles. The second-order valence-electron chi connectivity index (χ2n) is 6.67. The molecule has 1 aliphatic heterocycles. The molecule has 26 heavy (non-hydrogen) atoms. The fourth-order valence-electron chi connectivity index (χ4n) is 3.57. The monoisotopic (exact) mass is 347 g/mol. The van der Waals surface area contributed by atoms with Crippen molar-refractivity contribution in [1.82, 2.24) is 14.9 Å². The molecule has 0 atom stereocenters. The Hall–Kier alpha value is -3.04. The Morgan fingerprint density at radius 3 is 2.73 bits per heavy atom. The van der Waals surface area contributed by atoms with Gasteiger partial charge in [-0.3, -0.25) is 9.69 Å². The molecule has 2 aromatic heterocycles. The Kier molecular flexibility index (Phi) is 4.46. The molecule has 132 valence electrons. The number of nitrogens with one attached hydrogen (secondary N) is 2. The SMILES string of the molecule is N#Cc1ccc2[nH]cc(CCN3CCN(c4cccc(=O)[nH]4)CC3)c2c1. The quantitative estimate of drug-likeness (QED) is 0.757. The molecule has 1 aromatic carbocycles. The van der Waals surface area contributed by atoms with Gasteiger partial charge in [-0.2, -0.15) is 5.26 Å². The number of hydrogen-bond acceptors (Lipinski definition) is 4. The summed E-state index contributed by atoms with van der Waals surface area (Å²) < 4.78 is 0. The van der Waals surface area contributed by atoms with E-state index in [0.717, 1.165) is 55.9 Å². The molecule has 0 unspecified atom stereocenters. The number of piperazine rings is 1. The number of aromatic amines is 2. The third-order valence-electron chi connectivity index (χ3n) is 5.06. The van der Waals surface area contributed by atoms with Gasteiger partial charge in [-0.05, 0) is 36.2 Å². The molecular weight excluding hydrogens is 326 g/mol. The zero-order valence-electron chi connectivity index (χ0n) is 14.5. The summed E-state index contributed by atoms with van der Waals surface area (Å²) >= 11 is 0. The maximum absolute atomic E-state index is 11.5. The van der Waals surface area contributed by atoms with Gasteiger partial charge < -0.3 is 14.9 Å². The lowest BCUT2D eigenvalue weighted by atomic mass is 10.1. The molecule has 3 heterocycles. The van der Waals surface area contributed by atoms with Crippen molar-refractivity contribution in [2.24, 2.45) is 0 Å². The molecule has 6 heteroatoms. The lowest BCUT2D eigenvalue weighted by Gasteiger charge is -2.35. The van der Waals surface area contributed by atoms with Crippen molar-refractivity contribution >= 4 is 16.7 Å². The van der Waals surface area contributed by atoms with Crippen molar-refractivity contribution < 1.29 is 0 Å². The van der Waals surface area contributed by atoms with E-state index in [0.29, 0.717) is 5.56 Å². The van der Waals surface area contributed by atoms with Crippen molar-refractivity contribution in [1.29, 1.82) is 5.26 Å². The van der Waals surface area contributed by atoms with Crippen LogP contribution in [-0.4, -0.2) is 47.6 Å². The number of rotatable bonds is 4. The summed E-state index contributed by atoms with van der Waals surface area (Å²) in [6.07, 6.45) is 3.01. The average Bonchev–Trinajstić information content (AvgIpc) is 3.09. The van der Waals surface area contributed by atoms with Crippen LogP contribution in [0.25, 0.3) is 10.9 Å². The fourth-order valence-corrected chi connectivity index (χ4v) is 3.57. The zero-order chi connectivity index (χ0) is 17.9. The summed E-state index contributed by atoms with van der Waals surface area (Å²) in [5, 5.41) is 10.2. The first kappa shape index (κ1) is 16.4. The van der Waals surface area contributed by atoms with Gasteiger partial charge in [0.2, 0.25) is 5.56 Å². The first-order chi connectivity index (χ1) is 12.7. The van der Waals surface area contributed by atoms with Crippen LogP contribution in [0.2, 0.25) is 0 Å². The van der Waals surface area contributed by atoms with Gasteiger partial charge in [-0.25, -0.2) is 0 Å². The van der Waals surface area contributed by atoms with E-state index in [1.807, 2.05) is 24.3 Å². The topological polar surface area (TPSA) is 78.9 Å². The van der Waals surface area contributed by atoms with Crippen LogP contribution < -0.4 is 10.5 Å². The highest BCUT2D eigenvalue weighted by atomic mass is 16.1. The van der Waals surface area contributed by atoms with E-state index >= 15 is 0 Å². The predicted octanol–water partition coefficient (Wildman–Crippen LogP) is 2.09. The number of anilines is 1. The third kappa shape index (κ3) is 3.35. The highest BCUT2D eigenvalue weighted by Crippen LogP contribution is 2.21. The summed E-state index contributed by atoms with van der Waals surface area (Å²) in [4.78, 5) is 22.3. The Bertz CT molecular complexity index is 1000. The van der Waals surface area contributed by atoms with Crippen LogP contribution in [-0.2, 0) is 6.42 Å². The molecule has 1 fully saturated rings. The minimum Gasteiger partial charge on any atom is -0.361 e. The molecule has 6 nitrogen and oxygen atoms in total. The highest BCUT2D eigenvalue weighted by molar-refractivity contribution is 5.84. The second kappa shape index (κ2) is 7.06. The molecule has 0 saturated carbocycles. The lowest BCUT2D eigenvalue weighted by Crippen LogP contribution is -2.47.